The maximum absolute atomic E-state index is 6.25. The fourth-order valence-electron chi connectivity index (χ4n) is 4.60. The lowest BCUT2D eigenvalue weighted by Gasteiger charge is -2.43. The molecule has 20 heavy (non-hydrogen) atoms. The Morgan fingerprint density at radius 3 is 1.50 bits per heavy atom. The summed E-state index contributed by atoms with van der Waals surface area (Å²) in [4.78, 5) is 0. The van der Waals surface area contributed by atoms with Crippen LogP contribution in [0, 0.1) is 11.8 Å². The molecule has 2 aliphatic carbocycles. The van der Waals surface area contributed by atoms with Crippen molar-refractivity contribution in [2.45, 2.75) is 89.3 Å². The van der Waals surface area contributed by atoms with E-state index in [1.54, 1.807) is 0 Å². The number of ether oxygens (including phenoxy) is 2. The van der Waals surface area contributed by atoms with Gasteiger partial charge in [0.05, 0.1) is 13.2 Å². The van der Waals surface area contributed by atoms with E-state index in [-0.39, 0.29) is 5.79 Å². The molecule has 0 unspecified atom stereocenters. The summed E-state index contributed by atoms with van der Waals surface area (Å²) in [6.45, 7) is 1.83. The highest BCUT2D eigenvalue weighted by molar-refractivity contribution is 4.83. The van der Waals surface area contributed by atoms with Crippen LogP contribution in [-0.4, -0.2) is 19.0 Å². The van der Waals surface area contributed by atoms with Gasteiger partial charge in [0.15, 0.2) is 5.79 Å². The van der Waals surface area contributed by atoms with Crippen LogP contribution in [0.25, 0.3) is 0 Å². The molecule has 2 heteroatoms. The van der Waals surface area contributed by atoms with Crippen LogP contribution in [0.5, 0.6) is 0 Å². The molecule has 0 amide bonds. The molecule has 0 atom stereocenters. The average molecular weight is 280 g/mol. The minimum atomic E-state index is -0.206. The Labute approximate surface area is 124 Å². The van der Waals surface area contributed by atoms with Crippen LogP contribution >= 0.6 is 0 Å². The molecular formula is C18H32O2. The number of hydrogen-bond donors (Lipinski definition) is 0. The van der Waals surface area contributed by atoms with E-state index in [9.17, 15) is 0 Å². The van der Waals surface area contributed by atoms with Gasteiger partial charge in [-0.2, -0.15) is 0 Å². The summed E-state index contributed by atoms with van der Waals surface area (Å²) in [5.41, 5.74) is 0. The van der Waals surface area contributed by atoms with Gasteiger partial charge in [0.1, 0.15) is 0 Å². The molecule has 0 bridgehead atoms. The third-order valence-electron chi connectivity index (χ3n) is 5.67. The third kappa shape index (κ3) is 3.98. The van der Waals surface area contributed by atoms with Crippen molar-refractivity contribution in [3.8, 4) is 0 Å². The van der Waals surface area contributed by atoms with Crippen LogP contribution in [0.4, 0.5) is 0 Å². The Bertz CT molecular complexity index is 249. The van der Waals surface area contributed by atoms with Crippen molar-refractivity contribution >= 4 is 0 Å². The Hall–Kier alpha value is -0.0800. The molecule has 1 aliphatic heterocycles. The Morgan fingerprint density at radius 1 is 0.600 bits per heavy atom. The molecule has 0 radical (unpaired) electrons. The molecule has 116 valence electrons. The highest BCUT2D eigenvalue weighted by Crippen LogP contribution is 2.40. The van der Waals surface area contributed by atoms with Crippen LogP contribution in [0.15, 0.2) is 0 Å². The summed E-state index contributed by atoms with van der Waals surface area (Å²) in [6.07, 6.45) is 17.6. The summed E-state index contributed by atoms with van der Waals surface area (Å²) in [5, 5.41) is 0. The number of hydrogen-bond acceptors (Lipinski definition) is 2. The van der Waals surface area contributed by atoms with Crippen LogP contribution in [0.2, 0.25) is 0 Å². The predicted molar refractivity (Wildman–Crippen MR) is 81.6 cm³/mol. The predicted octanol–water partition coefficient (Wildman–Crippen LogP) is 5.06. The molecule has 0 aromatic rings. The van der Waals surface area contributed by atoms with Crippen molar-refractivity contribution in [1.82, 2.24) is 0 Å². The van der Waals surface area contributed by atoms with Crippen molar-refractivity contribution < 1.29 is 9.47 Å². The molecule has 0 aromatic carbocycles. The Morgan fingerprint density at radius 2 is 1.05 bits per heavy atom. The average Bonchev–Trinajstić information content (AvgIpc) is 2.50. The maximum Gasteiger partial charge on any atom is 0.168 e. The zero-order chi connectivity index (χ0) is 13.7. The van der Waals surface area contributed by atoms with E-state index in [2.05, 4.69) is 0 Å². The van der Waals surface area contributed by atoms with Gasteiger partial charge in [-0.25, -0.2) is 0 Å². The Kier molecular flexibility index (Phi) is 5.39. The SMILES string of the molecule is C1CCC(CC2(CC3CCCCC3)OCCCO2)CC1. The quantitative estimate of drug-likeness (QED) is 0.716. The van der Waals surface area contributed by atoms with Gasteiger partial charge in [-0.15, -0.1) is 0 Å². The number of rotatable bonds is 4. The minimum Gasteiger partial charge on any atom is -0.350 e. The van der Waals surface area contributed by atoms with Gasteiger partial charge in [0.25, 0.3) is 0 Å². The van der Waals surface area contributed by atoms with E-state index in [0.717, 1.165) is 31.5 Å². The molecule has 0 aromatic heterocycles. The fourth-order valence-corrected chi connectivity index (χ4v) is 4.60. The second kappa shape index (κ2) is 7.26. The van der Waals surface area contributed by atoms with E-state index in [0.29, 0.717) is 0 Å². The molecule has 1 heterocycles. The second-order valence-electron chi connectivity index (χ2n) is 7.38. The molecule has 0 spiro atoms. The largest absolute Gasteiger partial charge is 0.350 e. The fraction of sp³-hybridized carbons (Fsp3) is 1.00. The van der Waals surface area contributed by atoms with Crippen molar-refractivity contribution in [2.75, 3.05) is 13.2 Å². The van der Waals surface area contributed by atoms with Gasteiger partial charge >= 0.3 is 0 Å². The summed E-state index contributed by atoms with van der Waals surface area (Å²) >= 11 is 0. The first-order chi connectivity index (χ1) is 9.86. The first kappa shape index (κ1) is 14.8. The first-order valence-electron chi connectivity index (χ1n) is 9.14. The van der Waals surface area contributed by atoms with Gasteiger partial charge in [-0.1, -0.05) is 64.2 Å². The molecule has 3 fully saturated rings. The van der Waals surface area contributed by atoms with Crippen LogP contribution in [0.1, 0.15) is 83.5 Å². The molecule has 3 rings (SSSR count). The third-order valence-corrected chi connectivity index (χ3v) is 5.67. The Balaban J connectivity index is 1.60. The van der Waals surface area contributed by atoms with Gasteiger partial charge in [0, 0.05) is 12.8 Å². The van der Waals surface area contributed by atoms with Gasteiger partial charge < -0.3 is 9.47 Å². The smallest absolute Gasteiger partial charge is 0.168 e. The summed E-state index contributed by atoms with van der Waals surface area (Å²) in [5.74, 6) is 1.50. The lowest BCUT2D eigenvalue weighted by molar-refractivity contribution is -0.284. The molecule has 1 saturated heterocycles. The summed E-state index contributed by atoms with van der Waals surface area (Å²) < 4.78 is 12.5. The molecule has 2 nitrogen and oxygen atoms in total. The van der Waals surface area contributed by atoms with E-state index in [4.69, 9.17) is 9.47 Å². The monoisotopic (exact) mass is 280 g/mol. The van der Waals surface area contributed by atoms with Crippen molar-refractivity contribution in [2.24, 2.45) is 11.8 Å². The summed E-state index contributed by atoms with van der Waals surface area (Å²) in [6, 6.07) is 0. The van der Waals surface area contributed by atoms with Crippen molar-refractivity contribution in [3.05, 3.63) is 0 Å². The van der Waals surface area contributed by atoms with Crippen LogP contribution in [-0.2, 0) is 9.47 Å². The van der Waals surface area contributed by atoms with E-state index in [1.807, 2.05) is 0 Å². The zero-order valence-corrected chi connectivity index (χ0v) is 13.1. The molecule has 2 saturated carbocycles. The van der Waals surface area contributed by atoms with E-state index >= 15 is 0 Å². The second-order valence-corrected chi connectivity index (χ2v) is 7.38. The highest BCUT2D eigenvalue weighted by Gasteiger charge is 2.39. The van der Waals surface area contributed by atoms with Gasteiger partial charge in [-0.05, 0) is 18.3 Å². The highest BCUT2D eigenvalue weighted by atomic mass is 16.7. The van der Waals surface area contributed by atoms with Crippen LogP contribution < -0.4 is 0 Å². The lowest BCUT2D eigenvalue weighted by atomic mass is 9.79. The normalized spacial score (nSPS) is 29.4. The van der Waals surface area contributed by atoms with Gasteiger partial charge in [0.2, 0.25) is 0 Å². The van der Waals surface area contributed by atoms with Crippen molar-refractivity contribution in [1.29, 1.82) is 0 Å². The minimum absolute atomic E-state index is 0.206. The first-order valence-corrected chi connectivity index (χ1v) is 9.14. The van der Waals surface area contributed by atoms with Crippen LogP contribution in [0.3, 0.4) is 0 Å². The zero-order valence-electron chi connectivity index (χ0n) is 13.1. The maximum atomic E-state index is 6.25. The molecular weight excluding hydrogens is 248 g/mol. The topological polar surface area (TPSA) is 18.5 Å². The van der Waals surface area contributed by atoms with Crippen molar-refractivity contribution in [3.63, 3.8) is 0 Å². The van der Waals surface area contributed by atoms with E-state index < -0.39 is 0 Å². The molecule has 3 aliphatic rings. The lowest BCUT2D eigenvalue weighted by Crippen LogP contribution is -2.44. The molecule has 0 N–H and O–H groups in total. The van der Waals surface area contributed by atoms with Gasteiger partial charge in [-0.3, -0.25) is 0 Å². The standard InChI is InChI=1S/C18H32O2/c1-3-8-16(9-4-1)14-18(19-12-7-13-20-18)15-17-10-5-2-6-11-17/h16-17H,1-15H2. The van der Waals surface area contributed by atoms with E-state index in [1.165, 1.54) is 77.0 Å². The summed E-state index contributed by atoms with van der Waals surface area (Å²) in [7, 11) is 0.